The number of benzene rings is 2. The summed E-state index contributed by atoms with van der Waals surface area (Å²) in [6.45, 7) is 1.58. The zero-order valence-corrected chi connectivity index (χ0v) is 19.7. The lowest BCUT2D eigenvalue weighted by atomic mass is 9.93. The number of ether oxygens (including phenoxy) is 3. The fourth-order valence-corrected chi connectivity index (χ4v) is 5.62. The minimum Gasteiger partial charge on any atom is -0.497 e. The second kappa shape index (κ2) is 9.64. The summed E-state index contributed by atoms with van der Waals surface area (Å²) in [5.74, 6) is 3.04. The van der Waals surface area contributed by atoms with Gasteiger partial charge in [0.25, 0.3) is 0 Å². The predicted molar refractivity (Wildman–Crippen MR) is 127 cm³/mol. The largest absolute Gasteiger partial charge is 0.497 e. The van der Waals surface area contributed by atoms with E-state index in [-0.39, 0.29) is 18.7 Å². The smallest absolute Gasteiger partial charge is 0.236 e. The van der Waals surface area contributed by atoms with E-state index in [4.69, 9.17) is 14.2 Å². The van der Waals surface area contributed by atoms with E-state index < -0.39 is 0 Å². The van der Waals surface area contributed by atoms with E-state index in [2.05, 4.69) is 29.2 Å². The standard InChI is InChI=1S/C27H34N2O4/c1-28(22-6-4-3-5-7-22)27(30)17-29-16-21(20-10-13-25-26(15-20)33-18-32-25)14-24(29)19-8-11-23(31-2)12-9-19/h8-13,15,21-22,24H,3-7,14,16-18H2,1-2H3. The van der Waals surface area contributed by atoms with Crippen LogP contribution in [-0.2, 0) is 4.79 Å². The Kier molecular flexibility index (Phi) is 6.45. The molecule has 0 spiro atoms. The van der Waals surface area contributed by atoms with Crippen molar-refractivity contribution in [1.82, 2.24) is 9.80 Å². The average Bonchev–Trinajstić information content (AvgIpc) is 3.51. The lowest BCUT2D eigenvalue weighted by Gasteiger charge is -2.33. The van der Waals surface area contributed by atoms with Crippen LogP contribution in [-0.4, -0.2) is 55.8 Å². The van der Waals surface area contributed by atoms with Crippen molar-refractivity contribution in [2.24, 2.45) is 0 Å². The Labute approximate surface area is 196 Å². The van der Waals surface area contributed by atoms with Gasteiger partial charge in [-0.3, -0.25) is 9.69 Å². The zero-order valence-electron chi connectivity index (χ0n) is 19.7. The molecule has 2 atom stereocenters. The first-order valence-electron chi connectivity index (χ1n) is 12.2. The Balaban J connectivity index is 1.35. The minimum absolute atomic E-state index is 0.190. The molecule has 5 rings (SSSR count). The molecule has 2 heterocycles. The lowest BCUT2D eigenvalue weighted by molar-refractivity contribution is -0.134. The highest BCUT2D eigenvalue weighted by Crippen LogP contribution is 2.43. The maximum absolute atomic E-state index is 13.3. The van der Waals surface area contributed by atoms with Gasteiger partial charge in [-0.2, -0.15) is 0 Å². The van der Waals surface area contributed by atoms with E-state index in [0.717, 1.165) is 43.1 Å². The van der Waals surface area contributed by atoms with Gasteiger partial charge in [-0.25, -0.2) is 0 Å². The molecule has 0 radical (unpaired) electrons. The normalized spacial score (nSPS) is 23.0. The first-order chi connectivity index (χ1) is 16.1. The van der Waals surface area contributed by atoms with Gasteiger partial charge in [0, 0.05) is 25.7 Å². The van der Waals surface area contributed by atoms with E-state index in [0.29, 0.717) is 18.5 Å². The topological polar surface area (TPSA) is 51.2 Å². The molecule has 2 aromatic rings. The van der Waals surface area contributed by atoms with Crippen molar-refractivity contribution in [2.45, 2.75) is 56.5 Å². The van der Waals surface area contributed by atoms with Crippen LogP contribution in [0.2, 0.25) is 0 Å². The molecular weight excluding hydrogens is 416 g/mol. The molecule has 0 bridgehead atoms. The third kappa shape index (κ3) is 4.67. The summed E-state index contributed by atoms with van der Waals surface area (Å²) in [6.07, 6.45) is 6.97. The van der Waals surface area contributed by atoms with Crippen LogP contribution in [0.1, 0.15) is 61.6 Å². The summed E-state index contributed by atoms with van der Waals surface area (Å²) >= 11 is 0. The van der Waals surface area contributed by atoms with Gasteiger partial charge >= 0.3 is 0 Å². The third-order valence-electron chi connectivity index (χ3n) is 7.63. The van der Waals surface area contributed by atoms with Crippen LogP contribution in [0.3, 0.4) is 0 Å². The Hall–Kier alpha value is -2.73. The van der Waals surface area contributed by atoms with Crippen LogP contribution in [0.4, 0.5) is 0 Å². The Morgan fingerprint density at radius 3 is 2.52 bits per heavy atom. The summed E-state index contributed by atoms with van der Waals surface area (Å²) in [6, 6.07) is 15.1. The number of methoxy groups -OCH3 is 1. The van der Waals surface area contributed by atoms with Gasteiger partial charge in [-0.05, 0) is 60.6 Å². The molecule has 6 nitrogen and oxygen atoms in total. The van der Waals surface area contributed by atoms with Crippen molar-refractivity contribution in [2.75, 3.05) is 34.0 Å². The molecule has 2 unspecified atom stereocenters. The van der Waals surface area contributed by atoms with Crippen molar-refractivity contribution in [1.29, 1.82) is 0 Å². The molecule has 2 fully saturated rings. The van der Waals surface area contributed by atoms with E-state index >= 15 is 0 Å². The number of likely N-dealkylation sites (N-methyl/N-ethyl adjacent to an activating group) is 1. The molecule has 1 amide bonds. The van der Waals surface area contributed by atoms with Gasteiger partial charge < -0.3 is 19.1 Å². The van der Waals surface area contributed by atoms with Crippen LogP contribution in [0.25, 0.3) is 0 Å². The van der Waals surface area contributed by atoms with Gasteiger partial charge in [-0.1, -0.05) is 37.5 Å². The predicted octanol–water partition coefficient (Wildman–Crippen LogP) is 4.75. The molecule has 176 valence electrons. The number of likely N-dealkylation sites (tertiary alicyclic amines) is 1. The van der Waals surface area contributed by atoms with E-state index in [9.17, 15) is 4.79 Å². The monoisotopic (exact) mass is 450 g/mol. The second-order valence-corrected chi connectivity index (χ2v) is 9.56. The highest BCUT2D eigenvalue weighted by Gasteiger charge is 2.36. The molecule has 1 aliphatic carbocycles. The van der Waals surface area contributed by atoms with Crippen LogP contribution >= 0.6 is 0 Å². The maximum atomic E-state index is 13.3. The zero-order chi connectivity index (χ0) is 22.8. The molecule has 3 aliphatic rings. The summed E-state index contributed by atoms with van der Waals surface area (Å²) in [7, 11) is 3.68. The molecule has 1 saturated carbocycles. The molecule has 1 saturated heterocycles. The molecule has 2 aromatic carbocycles. The number of carbonyl (C=O) groups is 1. The van der Waals surface area contributed by atoms with Crippen molar-refractivity contribution in [3.8, 4) is 17.2 Å². The summed E-state index contributed by atoms with van der Waals surface area (Å²) in [5.41, 5.74) is 2.47. The first kappa shape index (κ1) is 22.1. The number of nitrogens with zero attached hydrogens (tertiary/aromatic N) is 2. The van der Waals surface area contributed by atoms with Gasteiger partial charge in [-0.15, -0.1) is 0 Å². The van der Waals surface area contributed by atoms with Gasteiger partial charge in [0.05, 0.1) is 13.7 Å². The van der Waals surface area contributed by atoms with Crippen molar-refractivity contribution < 1.29 is 19.0 Å². The lowest BCUT2D eigenvalue weighted by Crippen LogP contribution is -2.44. The Morgan fingerprint density at radius 2 is 1.76 bits per heavy atom. The number of amides is 1. The Bertz CT molecular complexity index is 971. The first-order valence-corrected chi connectivity index (χ1v) is 12.2. The Morgan fingerprint density at radius 1 is 1.03 bits per heavy atom. The molecule has 0 N–H and O–H groups in total. The summed E-state index contributed by atoms with van der Waals surface area (Å²) in [5, 5.41) is 0. The van der Waals surface area contributed by atoms with Crippen LogP contribution < -0.4 is 14.2 Å². The SMILES string of the molecule is COc1ccc(C2CC(c3ccc4c(c3)OCO4)CN2CC(=O)N(C)C2CCCCC2)cc1. The van der Waals surface area contributed by atoms with E-state index in [1.165, 1.54) is 30.4 Å². The number of carbonyl (C=O) groups excluding carboxylic acids is 1. The molecule has 33 heavy (non-hydrogen) atoms. The van der Waals surface area contributed by atoms with Crippen molar-refractivity contribution in [3.05, 3.63) is 53.6 Å². The maximum Gasteiger partial charge on any atom is 0.236 e. The fourth-order valence-electron chi connectivity index (χ4n) is 5.62. The summed E-state index contributed by atoms with van der Waals surface area (Å²) < 4.78 is 16.5. The van der Waals surface area contributed by atoms with Gasteiger partial charge in [0.1, 0.15) is 5.75 Å². The highest BCUT2D eigenvalue weighted by molar-refractivity contribution is 5.78. The number of fused-ring (bicyclic) bond motifs is 1. The van der Waals surface area contributed by atoms with Crippen molar-refractivity contribution >= 4 is 5.91 Å². The van der Waals surface area contributed by atoms with Crippen LogP contribution in [0.15, 0.2) is 42.5 Å². The van der Waals surface area contributed by atoms with E-state index in [1.807, 2.05) is 30.1 Å². The second-order valence-electron chi connectivity index (χ2n) is 9.56. The number of rotatable bonds is 6. The van der Waals surface area contributed by atoms with Crippen LogP contribution in [0, 0.1) is 0 Å². The van der Waals surface area contributed by atoms with Gasteiger partial charge in [0.2, 0.25) is 12.7 Å². The van der Waals surface area contributed by atoms with Crippen LogP contribution in [0.5, 0.6) is 17.2 Å². The van der Waals surface area contributed by atoms with Gasteiger partial charge in [0.15, 0.2) is 11.5 Å². The molecular formula is C27H34N2O4. The minimum atomic E-state index is 0.190. The van der Waals surface area contributed by atoms with E-state index in [1.54, 1.807) is 7.11 Å². The average molecular weight is 451 g/mol. The molecule has 2 aliphatic heterocycles. The van der Waals surface area contributed by atoms with Crippen molar-refractivity contribution in [3.63, 3.8) is 0 Å². The highest BCUT2D eigenvalue weighted by atomic mass is 16.7. The molecule has 0 aromatic heterocycles. The summed E-state index contributed by atoms with van der Waals surface area (Å²) in [4.78, 5) is 17.7. The fraction of sp³-hybridized carbons (Fsp3) is 0.519. The third-order valence-corrected chi connectivity index (χ3v) is 7.63. The number of hydrogen-bond donors (Lipinski definition) is 0. The number of hydrogen-bond acceptors (Lipinski definition) is 5. The molecule has 6 heteroatoms. The quantitative estimate of drug-likeness (QED) is 0.636.